The van der Waals surface area contributed by atoms with E-state index in [4.69, 9.17) is 10.5 Å². The van der Waals surface area contributed by atoms with E-state index in [9.17, 15) is 19.8 Å². The van der Waals surface area contributed by atoms with E-state index in [1.807, 2.05) is 11.9 Å². The molecular weight excluding hydrogens is 384 g/mol. The van der Waals surface area contributed by atoms with Gasteiger partial charge < -0.3 is 25.6 Å². The lowest BCUT2D eigenvalue weighted by Gasteiger charge is -2.38. The highest BCUT2D eigenvalue weighted by molar-refractivity contribution is 5.88. The van der Waals surface area contributed by atoms with Crippen LogP contribution >= 0.6 is 0 Å². The van der Waals surface area contributed by atoms with E-state index in [-0.39, 0.29) is 24.0 Å². The summed E-state index contributed by atoms with van der Waals surface area (Å²) in [5.41, 5.74) is 7.78. The van der Waals surface area contributed by atoms with Crippen LogP contribution in [0, 0.1) is 11.8 Å². The quantitative estimate of drug-likeness (QED) is 0.568. The van der Waals surface area contributed by atoms with Gasteiger partial charge in [-0.2, -0.15) is 0 Å². The minimum Gasteiger partial charge on any atom is -0.478 e. The zero-order valence-electron chi connectivity index (χ0n) is 17.8. The van der Waals surface area contributed by atoms with Crippen molar-refractivity contribution in [3.05, 3.63) is 34.9 Å². The highest BCUT2D eigenvalue weighted by Crippen LogP contribution is 2.32. The Kier molecular flexibility index (Phi) is 7.86. The van der Waals surface area contributed by atoms with Crippen molar-refractivity contribution in [2.24, 2.45) is 17.6 Å². The van der Waals surface area contributed by atoms with E-state index < -0.39 is 12.0 Å². The van der Waals surface area contributed by atoms with Gasteiger partial charge in [-0.25, -0.2) is 4.79 Å². The van der Waals surface area contributed by atoms with Crippen molar-refractivity contribution in [1.29, 1.82) is 0 Å². The van der Waals surface area contributed by atoms with Crippen LogP contribution in [0.4, 0.5) is 0 Å². The van der Waals surface area contributed by atoms with Crippen molar-refractivity contribution in [3.63, 3.8) is 0 Å². The smallest absolute Gasteiger partial charge is 0.335 e. The molecule has 166 valence electrons. The largest absolute Gasteiger partial charge is 0.478 e. The average molecular weight is 419 g/mol. The number of aliphatic hydroxyl groups excluding tert-OH is 1. The molecule has 7 nitrogen and oxygen atoms in total. The van der Waals surface area contributed by atoms with Gasteiger partial charge >= 0.3 is 5.97 Å². The molecule has 7 heteroatoms. The van der Waals surface area contributed by atoms with E-state index in [2.05, 4.69) is 0 Å². The molecule has 2 saturated carbocycles. The van der Waals surface area contributed by atoms with Gasteiger partial charge in [-0.3, -0.25) is 4.79 Å². The number of hydrogen-bond acceptors (Lipinski definition) is 5. The second-order valence-electron chi connectivity index (χ2n) is 8.86. The summed E-state index contributed by atoms with van der Waals surface area (Å²) in [7, 11) is 1.88. The third kappa shape index (κ3) is 5.59. The molecule has 0 radical (unpaired) electrons. The number of rotatable bonds is 9. The molecule has 0 unspecified atom stereocenters. The number of nitrogens with two attached hydrogens (primary N) is 1. The standard InChI is InChI=1S/C23H34N2O5/c1-25(20-3-2-4-20)22(27)21(24)18-7-5-15(6-8-18)13-30-14-17-9-16(12-26)10-19(11-17)23(28)29/h9-11,15,18,20-21,26H,2-8,12-14,24H2,1H3,(H,28,29)/t15?,18?,21-/m0/s1. The molecule has 0 aromatic heterocycles. The van der Waals surface area contributed by atoms with Crippen LogP contribution in [0.5, 0.6) is 0 Å². The Bertz CT molecular complexity index is 741. The molecule has 2 aliphatic carbocycles. The molecule has 0 saturated heterocycles. The Balaban J connectivity index is 1.42. The van der Waals surface area contributed by atoms with Gasteiger partial charge in [0.05, 0.1) is 24.8 Å². The summed E-state index contributed by atoms with van der Waals surface area (Å²) in [6.07, 6.45) is 7.21. The molecule has 1 atom stereocenters. The number of amides is 1. The first-order chi connectivity index (χ1) is 14.4. The zero-order valence-corrected chi connectivity index (χ0v) is 17.8. The normalized spacial score (nSPS) is 22.9. The minimum atomic E-state index is -1.02. The molecule has 1 aromatic carbocycles. The van der Waals surface area contributed by atoms with Crippen molar-refractivity contribution in [2.45, 2.75) is 70.2 Å². The van der Waals surface area contributed by atoms with E-state index in [1.54, 1.807) is 12.1 Å². The Morgan fingerprint density at radius 2 is 1.80 bits per heavy atom. The lowest BCUT2D eigenvalue weighted by Crippen LogP contribution is -2.52. The Hall–Kier alpha value is -1.96. The zero-order chi connectivity index (χ0) is 21.7. The molecule has 30 heavy (non-hydrogen) atoms. The predicted octanol–water partition coefficient (Wildman–Crippen LogP) is 2.54. The fourth-order valence-electron chi connectivity index (χ4n) is 4.51. The van der Waals surface area contributed by atoms with Gasteiger partial charge in [-0.1, -0.05) is 6.07 Å². The molecule has 1 amide bonds. The maximum Gasteiger partial charge on any atom is 0.335 e. The highest BCUT2D eigenvalue weighted by Gasteiger charge is 2.34. The van der Waals surface area contributed by atoms with Crippen LogP contribution < -0.4 is 5.73 Å². The van der Waals surface area contributed by atoms with Crippen LogP contribution in [-0.2, 0) is 22.7 Å². The summed E-state index contributed by atoms with van der Waals surface area (Å²) < 4.78 is 5.85. The van der Waals surface area contributed by atoms with Crippen molar-refractivity contribution in [3.8, 4) is 0 Å². The average Bonchev–Trinajstić information content (AvgIpc) is 2.71. The Morgan fingerprint density at radius 3 is 2.37 bits per heavy atom. The molecule has 0 aliphatic heterocycles. The molecule has 2 aliphatic rings. The number of nitrogens with zero attached hydrogens (tertiary/aromatic N) is 1. The number of ether oxygens (including phenoxy) is 1. The van der Waals surface area contributed by atoms with Crippen molar-refractivity contribution < 1.29 is 24.5 Å². The first-order valence-corrected chi connectivity index (χ1v) is 11.0. The molecule has 0 heterocycles. The van der Waals surface area contributed by atoms with Crippen molar-refractivity contribution >= 4 is 11.9 Å². The monoisotopic (exact) mass is 418 g/mol. The molecule has 3 rings (SSSR count). The molecule has 4 N–H and O–H groups in total. The minimum absolute atomic E-state index is 0.0809. The number of carboxylic acid groups (broad SMARTS) is 1. The number of hydrogen-bond donors (Lipinski definition) is 3. The fraction of sp³-hybridized carbons (Fsp3) is 0.652. The first kappa shape index (κ1) is 22.7. The second-order valence-corrected chi connectivity index (χ2v) is 8.86. The van der Waals surface area contributed by atoms with E-state index in [1.165, 1.54) is 12.5 Å². The molecular formula is C23H34N2O5. The summed E-state index contributed by atoms with van der Waals surface area (Å²) in [5.74, 6) is -0.278. The number of carbonyl (C=O) groups excluding carboxylic acids is 1. The highest BCUT2D eigenvalue weighted by atomic mass is 16.5. The SMILES string of the molecule is CN(C(=O)[C@@H](N)C1CCC(COCc2cc(CO)cc(C(=O)O)c2)CC1)C1CCC1. The van der Waals surface area contributed by atoms with Crippen molar-refractivity contribution in [2.75, 3.05) is 13.7 Å². The number of carboxylic acids is 1. The van der Waals surface area contributed by atoms with Gasteiger partial charge in [-0.15, -0.1) is 0 Å². The third-order valence-corrected chi connectivity index (χ3v) is 6.76. The lowest BCUT2D eigenvalue weighted by molar-refractivity contribution is -0.136. The number of aliphatic hydroxyl groups is 1. The number of carbonyl (C=O) groups is 2. The van der Waals surface area contributed by atoms with Gasteiger partial charge in [0.15, 0.2) is 0 Å². The van der Waals surface area contributed by atoms with Crippen molar-refractivity contribution in [1.82, 2.24) is 4.90 Å². The third-order valence-electron chi connectivity index (χ3n) is 6.76. The Morgan fingerprint density at radius 1 is 1.13 bits per heavy atom. The van der Waals surface area contributed by atoms with E-state index in [0.29, 0.717) is 30.7 Å². The fourth-order valence-corrected chi connectivity index (χ4v) is 4.51. The summed E-state index contributed by atoms with van der Waals surface area (Å²) in [5, 5.41) is 18.5. The molecule has 0 bridgehead atoms. The topological polar surface area (TPSA) is 113 Å². The van der Waals surface area contributed by atoms with E-state index >= 15 is 0 Å². The summed E-state index contributed by atoms with van der Waals surface area (Å²) in [4.78, 5) is 25.7. The number of benzene rings is 1. The van der Waals surface area contributed by atoms with Gasteiger partial charge in [0.25, 0.3) is 0 Å². The summed E-state index contributed by atoms with van der Waals surface area (Å²) in [6, 6.07) is 4.79. The maximum absolute atomic E-state index is 12.6. The van der Waals surface area contributed by atoms with Gasteiger partial charge in [0.2, 0.25) is 5.91 Å². The predicted molar refractivity (Wildman–Crippen MR) is 113 cm³/mol. The lowest BCUT2D eigenvalue weighted by atomic mass is 9.78. The van der Waals surface area contributed by atoms with Crippen LogP contribution in [-0.4, -0.2) is 52.7 Å². The van der Waals surface area contributed by atoms with Crippen LogP contribution in [0.2, 0.25) is 0 Å². The van der Waals surface area contributed by atoms with Gasteiger partial charge in [0.1, 0.15) is 0 Å². The Labute approximate surface area is 178 Å². The van der Waals surface area contributed by atoms with Crippen LogP contribution in [0.15, 0.2) is 18.2 Å². The molecule has 2 fully saturated rings. The van der Waals surface area contributed by atoms with Crippen LogP contribution in [0.3, 0.4) is 0 Å². The second kappa shape index (κ2) is 10.4. The maximum atomic E-state index is 12.6. The van der Waals surface area contributed by atoms with Gasteiger partial charge in [-0.05, 0) is 80.0 Å². The molecule has 1 aromatic rings. The van der Waals surface area contributed by atoms with E-state index in [0.717, 1.165) is 44.1 Å². The number of aromatic carboxylic acids is 1. The first-order valence-electron chi connectivity index (χ1n) is 11.0. The van der Waals surface area contributed by atoms with Gasteiger partial charge in [0, 0.05) is 19.7 Å². The number of likely N-dealkylation sites (N-methyl/N-ethyl adjacent to an activating group) is 1. The summed E-state index contributed by atoms with van der Waals surface area (Å²) in [6.45, 7) is 0.717. The summed E-state index contributed by atoms with van der Waals surface area (Å²) >= 11 is 0. The molecule has 0 spiro atoms. The van der Waals surface area contributed by atoms with Crippen LogP contribution in [0.1, 0.15) is 66.4 Å². The van der Waals surface area contributed by atoms with Crippen LogP contribution in [0.25, 0.3) is 0 Å².